The zero-order chi connectivity index (χ0) is 23.2. The monoisotopic (exact) mass is 449 g/mol. The van der Waals surface area contributed by atoms with Crippen molar-refractivity contribution in [3.8, 4) is 0 Å². The van der Waals surface area contributed by atoms with Crippen LogP contribution in [0.25, 0.3) is 0 Å². The molecule has 4 rings (SSSR count). The highest BCUT2D eigenvalue weighted by molar-refractivity contribution is 5.95. The highest BCUT2D eigenvalue weighted by Gasteiger charge is 2.28. The van der Waals surface area contributed by atoms with Crippen LogP contribution in [0.15, 0.2) is 41.2 Å². The van der Waals surface area contributed by atoms with E-state index in [4.69, 9.17) is 0 Å². The van der Waals surface area contributed by atoms with Crippen molar-refractivity contribution < 1.29 is 4.79 Å². The molecular weight excluding hydrogens is 410 g/mol. The molecule has 2 fully saturated rings. The summed E-state index contributed by atoms with van der Waals surface area (Å²) in [7, 11) is 0. The number of likely N-dealkylation sites (tertiary alicyclic amines) is 2. The molecule has 5 nitrogen and oxygen atoms in total. The molecule has 5 heteroatoms. The van der Waals surface area contributed by atoms with Crippen molar-refractivity contribution >= 4 is 5.91 Å². The van der Waals surface area contributed by atoms with Gasteiger partial charge in [-0.15, -0.1) is 0 Å². The third kappa shape index (κ3) is 5.75. The number of pyridine rings is 1. The molecule has 2 aliphatic rings. The van der Waals surface area contributed by atoms with Gasteiger partial charge in [0.25, 0.3) is 5.91 Å². The van der Waals surface area contributed by atoms with E-state index in [2.05, 4.69) is 46.7 Å². The average molecular weight is 450 g/mol. The second kappa shape index (κ2) is 11.1. The maximum atomic E-state index is 13.5. The molecule has 178 valence electrons. The van der Waals surface area contributed by atoms with Crippen LogP contribution in [0.3, 0.4) is 0 Å². The Labute approximate surface area is 198 Å². The van der Waals surface area contributed by atoms with Crippen LogP contribution in [0.1, 0.15) is 66.3 Å². The van der Waals surface area contributed by atoms with Crippen molar-refractivity contribution in [1.82, 2.24) is 14.4 Å². The summed E-state index contributed by atoms with van der Waals surface area (Å²) in [4.78, 5) is 31.0. The minimum Gasteiger partial charge on any atom is -0.347 e. The largest absolute Gasteiger partial charge is 0.347 e. The number of benzene rings is 1. The van der Waals surface area contributed by atoms with Crippen LogP contribution < -0.4 is 5.43 Å². The van der Waals surface area contributed by atoms with Gasteiger partial charge >= 0.3 is 0 Å². The van der Waals surface area contributed by atoms with Crippen molar-refractivity contribution in [3.63, 3.8) is 0 Å². The smallest absolute Gasteiger partial charge is 0.259 e. The third-order valence-electron chi connectivity index (χ3n) is 7.53. The van der Waals surface area contributed by atoms with E-state index in [-0.39, 0.29) is 11.3 Å². The Morgan fingerprint density at radius 2 is 1.67 bits per heavy atom. The number of hydrogen-bond acceptors (Lipinski definition) is 3. The molecule has 2 aromatic rings. The van der Waals surface area contributed by atoms with E-state index in [1.165, 1.54) is 24.8 Å². The Bertz CT molecular complexity index is 984. The molecule has 1 amide bonds. The number of aryl methyl sites for hydroxylation is 1. The van der Waals surface area contributed by atoms with Crippen molar-refractivity contribution in [2.24, 2.45) is 5.92 Å². The van der Waals surface area contributed by atoms with Gasteiger partial charge in [0.1, 0.15) is 5.56 Å². The van der Waals surface area contributed by atoms with Crippen molar-refractivity contribution in [1.29, 1.82) is 0 Å². The second-order valence-electron chi connectivity index (χ2n) is 9.80. The summed E-state index contributed by atoms with van der Waals surface area (Å²) in [6.45, 7) is 9.68. The summed E-state index contributed by atoms with van der Waals surface area (Å²) < 4.78 is 2.23. The first-order chi connectivity index (χ1) is 16.1. The molecule has 0 unspecified atom stereocenters. The lowest BCUT2D eigenvalue weighted by Gasteiger charge is -2.33. The number of carbonyl (C=O) groups is 1. The third-order valence-corrected chi connectivity index (χ3v) is 7.53. The minimum absolute atomic E-state index is 0.0678. The summed E-state index contributed by atoms with van der Waals surface area (Å²) in [6, 6.07) is 12.3. The summed E-state index contributed by atoms with van der Waals surface area (Å²) in [5.41, 5.74) is 3.53. The van der Waals surface area contributed by atoms with Gasteiger partial charge in [0.2, 0.25) is 0 Å². The Hall–Kier alpha value is -2.40. The van der Waals surface area contributed by atoms with Crippen LogP contribution >= 0.6 is 0 Å². The zero-order valence-electron chi connectivity index (χ0n) is 20.4. The highest BCUT2D eigenvalue weighted by Crippen LogP contribution is 2.23. The topological polar surface area (TPSA) is 45.6 Å². The van der Waals surface area contributed by atoms with Gasteiger partial charge in [-0.2, -0.15) is 0 Å². The second-order valence-corrected chi connectivity index (χ2v) is 9.80. The lowest BCUT2D eigenvalue weighted by atomic mass is 9.90. The van der Waals surface area contributed by atoms with Gasteiger partial charge in [-0.25, -0.2) is 0 Å². The fourth-order valence-corrected chi connectivity index (χ4v) is 5.61. The maximum absolute atomic E-state index is 13.5. The molecule has 33 heavy (non-hydrogen) atoms. The standard InChI is InChI=1S/C28H39N3O2/c1-3-25-27(26(32)20-22(2)31(25)19-18-29-14-8-5-9-15-29)28(33)30-16-12-24(13-17-30)21-23-10-6-4-7-11-23/h4,6-7,10-11,20,24H,3,5,8-9,12-19,21H2,1-2H3. The number of nitrogens with zero attached hydrogens (tertiary/aromatic N) is 3. The molecule has 0 atom stereocenters. The van der Waals surface area contributed by atoms with E-state index in [1.54, 1.807) is 6.07 Å². The van der Waals surface area contributed by atoms with Crippen molar-refractivity contribution in [2.75, 3.05) is 32.7 Å². The Morgan fingerprint density at radius 3 is 2.33 bits per heavy atom. The number of rotatable bonds is 7. The van der Waals surface area contributed by atoms with Gasteiger partial charge in [-0.1, -0.05) is 43.7 Å². The molecule has 0 radical (unpaired) electrons. The van der Waals surface area contributed by atoms with Crippen molar-refractivity contribution in [2.45, 2.75) is 65.3 Å². The molecule has 1 aromatic carbocycles. The Balaban J connectivity index is 1.46. The number of hydrogen-bond donors (Lipinski definition) is 0. The molecule has 0 saturated carbocycles. The summed E-state index contributed by atoms with van der Waals surface area (Å²) in [5, 5.41) is 0. The van der Waals surface area contributed by atoms with E-state index in [1.807, 2.05) is 11.8 Å². The van der Waals surface area contributed by atoms with E-state index in [9.17, 15) is 9.59 Å². The molecular formula is C28H39N3O2. The van der Waals surface area contributed by atoms with E-state index in [0.29, 0.717) is 17.9 Å². The highest BCUT2D eigenvalue weighted by atomic mass is 16.2. The Kier molecular flexibility index (Phi) is 8.02. The molecule has 0 spiro atoms. The van der Waals surface area contributed by atoms with E-state index in [0.717, 1.165) is 69.9 Å². The molecule has 3 heterocycles. The van der Waals surface area contributed by atoms with E-state index >= 15 is 0 Å². The lowest BCUT2D eigenvalue weighted by Crippen LogP contribution is -2.42. The summed E-state index contributed by atoms with van der Waals surface area (Å²) in [6.07, 6.45) is 7.63. The summed E-state index contributed by atoms with van der Waals surface area (Å²) >= 11 is 0. The molecule has 2 aliphatic heterocycles. The number of amides is 1. The van der Waals surface area contributed by atoms with Crippen LogP contribution in [-0.2, 0) is 19.4 Å². The first-order valence-corrected chi connectivity index (χ1v) is 12.9. The van der Waals surface area contributed by atoms with Crippen LogP contribution in [0.4, 0.5) is 0 Å². The predicted molar refractivity (Wildman–Crippen MR) is 134 cm³/mol. The van der Waals surface area contributed by atoms with E-state index < -0.39 is 0 Å². The molecule has 0 aliphatic carbocycles. The SMILES string of the molecule is CCc1c(C(=O)N2CCC(Cc3ccccc3)CC2)c(=O)cc(C)n1CCN1CCCCC1. The number of aromatic nitrogens is 1. The number of carbonyl (C=O) groups excluding carboxylic acids is 1. The zero-order valence-corrected chi connectivity index (χ0v) is 20.4. The summed E-state index contributed by atoms with van der Waals surface area (Å²) in [5.74, 6) is 0.531. The van der Waals surface area contributed by atoms with Gasteiger partial charge in [-0.05, 0) is 70.0 Å². The fraction of sp³-hybridized carbons (Fsp3) is 0.571. The average Bonchev–Trinajstić information content (AvgIpc) is 2.84. The Morgan fingerprint density at radius 1 is 0.970 bits per heavy atom. The quantitative estimate of drug-likeness (QED) is 0.633. The lowest BCUT2D eigenvalue weighted by molar-refractivity contribution is 0.0686. The van der Waals surface area contributed by atoms with Gasteiger partial charge < -0.3 is 14.4 Å². The minimum atomic E-state index is -0.116. The van der Waals surface area contributed by atoms with Crippen LogP contribution in [-0.4, -0.2) is 53.0 Å². The normalized spacial score (nSPS) is 17.9. The van der Waals surface area contributed by atoms with Crippen LogP contribution in [0.5, 0.6) is 0 Å². The molecule has 0 bridgehead atoms. The first-order valence-electron chi connectivity index (χ1n) is 12.9. The van der Waals surface area contributed by atoms with Gasteiger partial charge in [0, 0.05) is 43.6 Å². The fourth-order valence-electron chi connectivity index (χ4n) is 5.61. The molecule has 2 saturated heterocycles. The van der Waals surface area contributed by atoms with Gasteiger partial charge in [-0.3, -0.25) is 9.59 Å². The molecule has 1 aromatic heterocycles. The predicted octanol–water partition coefficient (Wildman–Crippen LogP) is 4.30. The van der Waals surface area contributed by atoms with Gasteiger partial charge in [0.05, 0.1) is 0 Å². The van der Waals surface area contributed by atoms with Crippen LogP contribution in [0.2, 0.25) is 0 Å². The van der Waals surface area contributed by atoms with Crippen molar-refractivity contribution in [3.05, 3.63) is 69.1 Å². The first kappa shape index (κ1) is 23.7. The van der Waals surface area contributed by atoms with Crippen LogP contribution in [0, 0.1) is 12.8 Å². The molecule has 0 N–H and O–H groups in total. The maximum Gasteiger partial charge on any atom is 0.259 e. The van der Waals surface area contributed by atoms with Gasteiger partial charge in [0.15, 0.2) is 5.43 Å². The number of piperidine rings is 2.